The van der Waals surface area contributed by atoms with Crippen LogP contribution in [0.15, 0.2) is 36.4 Å². The summed E-state index contributed by atoms with van der Waals surface area (Å²) in [5, 5.41) is 0. The highest BCUT2D eigenvalue weighted by Gasteiger charge is 2.22. The van der Waals surface area contributed by atoms with Crippen LogP contribution in [0.5, 0.6) is 0 Å². The van der Waals surface area contributed by atoms with Gasteiger partial charge >= 0.3 is 0 Å². The van der Waals surface area contributed by atoms with E-state index < -0.39 is 11.6 Å². The zero-order chi connectivity index (χ0) is 24.2. The third-order valence-corrected chi connectivity index (χ3v) is 8.00. The van der Waals surface area contributed by atoms with Crippen molar-refractivity contribution in [2.24, 2.45) is 11.8 Å². The summed E-state index contributed by atoms with van der Waals surface area (Å²) >= 11 is 0. The van der Waals surface area contributed by atoms with E-state index in [2.05, 4.69) is 26.0 Å². The van der Waals surface area contributed by atoms with E-state index >= 15 is 0 Å². The first-order chi connectivity index (χ1) is 16.6. The number of hydrogen-bond acceptors (Lipinski definition) is 0. The second kappa shape index (κ2) is 14.6. The van der Waals surface area contributed by atoms with Gasteiger partial charge in [0.1, 0.15) is 0 Å². The molecule has 2 aromatic rings. The lowest BCUT2D eigenvalue weighted by molar-refractivity contribution is 0.248. The molecule has 0 bridgehead atoms. The molecule has 0 aromatic heterocycles. The smallest absolute Gasteiger partial charge is 0.166 e. The van der Waals surface area contributed by atoms with E-state index in [0.717, 1.165) is 24.3 Å². The van der Waals surface area contributed by atoms with Crippen LogP contribution in [0.4, 0.5) is 8.78 Å². The Hall–Kier alpha value is -1.70. The van der Waals surface area contributed by atoms with Crippen LogP contribution in [0.25, 0.3) is 11.1 Å². The van der Waals surface area contributed by atoms with Crippen LogP contribution < -0.4 is 0 Å². The second-order valence-corrected chi connectivity index (χ2v) is 10.7. The molecule has 0 saturated heterocycles. The Morgan fingerprint density at radius 1 is 0.618 bits per heavy atom. The fraction of sp³-hybridized carbons (Fsp3) is 0.625. The molecule has 1 aliphatic carbocycles. The number of rotatable bonds is 14. The highest BCUT2D eigenvalue weighted by atomic mass is 19.2. The minimum atomic E-state index is -0.692. The molecule has 188 valence electrons. The number of halogens is 2. The summed E-state index contributed by atoms with van der Waals surface area (Å²) in [7, 11) is 0. The van der Waals surface area contributed by atoms with Crippen LogP contribution in [0.3, 0.4) is 0 Å². The molecule has 0 radical (unpaired) electrons. The summed E-state index contributed by atoms with van der Waals surface area (Å²) in [4.78, 5) is 0. The third-order valence-electron chi connectivity index (χ3n) is 8.00. The average Bonchev–Trinajstić information content (AvgIpc) is 2.86. The van der Waals surface area contributed by atoms with Crippen LogP contribution in [0, 0.1) is 23.5 Å². The number of benzene rings is 2. The van der Waals surface area contributed by atoms with E-state index in [1.165, 1.54) is 89.0 Å². The highest BCUT2D eigenvalue weighted by Crippen LogP contribution is 2.35. The van der Waals surface area contributed by atoms with Gasteiger partial charge in [-0.15, -0.1) is 0 Å². The van der Waals surface area contributed by atoms with E-state index in [4.69, 9.17) is 0 Å². The Kier molecular flexibility index (Phi) is 11.6. The first-order valence-corrected chi connectivity index (χ1v) is 14.2. The largest absolute Gasteiger partial charge is 0.203 e. The van der Waals surface area contributed by atoms with E-state index in [-0.39, 0.29) is 0 Å². The van der Waals surface area contributed by atoms with Gasteiger partial charge in [-0.25, -0.2) is 8.78 Å². The Bertz CT molecular complexity index is 831. The van der Waals surface area contributed by atoms with Gasteiger partial charge in [0.2, 0.25) is 0 Å². The molecule has 0 unspecified atom stereocenters. The monoisotopic (exact) mass is 468 g/mol. The summed E-state index contributed by atoms with van der Waals surface area (Å²) in [6.45, 7) is 4.47. The van der Waals surface area contributed by atoms with Gasteiger partial charge in [-0.2, -0.15) is 0 Å². The Morgan fingerprint density at radius 3 is 1.91 bits per heavy atom. The highest BCUT2D eigenvalue weighted by molar-refractivity contribution is 5.65. The maximum absolute atomic E-state index is 14.9. The fourth-order valence-electron chi connectivity index (χ4n) is 5.64. The molecule has 2 aromatic carbocycles. The van der Waals surface area contributed by atoms with Crippen LogP contribution in [0.2, 0.25) is 0 Å². The molecule has 1 fully saturated rings. The second-order valence-electron chi connectivity index (χ2n) is 10.7. The Labute approximate surface area is 207 Å². The standard InChI is InChI=1S/C32H46F2/c1-3-5-7-8-10-12-25-13-15-27(16-14-25)19-22-29-23-24-30(32(34)31(29)33)28-20-17-26(18-21-28)11-9-6-4-2/h17-18,20-21,23-25,27H,3-16,19,22H2,1-2H3/t25-,27-. The number of unbranched alkanes of at least 4 members (excludes halogenated alkanes) is 6. The zero-order valence-electron chi connectivity index (χ0n) is 21.7. The van der Waals surface area contributed by atoms with Gasteiger partial charge < -0.3 is 0 Å². The fourth-order valence-corrected chi connectivity index (χ4v) is 5.64. The topological polar surface area (TPSA) is 0 Å². The van der Waals surface area contributed by atoms with Crippen LogP contribution in [-0.2, 0) is 12.8 Å². The first-order valence-electron chi connectivity index (χ1n) is 14.2. The quantitative estimate of drug-likeness (QED) is 0.242. The van der Waals surface area contributed by atoms with E-state index in [0.29, 0.717) is 23.5 Å². The molecule has 3 rings (SSSR count). The van der Waals surface area contributed by atoms with Gasteiger partial charge in [0.25, 0.3) is 0 Å². The number of hydrogen-bond donors (Lipinski definition) is 0. The van der Waals surface area contributed by atoms with Crippen molar-refractivity contribution in [2.75, 3.05) is 0 Å². The zero-order valence-corrected chi connectivity index (χ0v) is 21.7. The van der Waals surface area contributed by atoms with Gasteiger partial charge in [0.05, 0.1) is 0 Å². The molecule has 0 heterocycles. The van der Waals surface area contributed by atoms with Crippen LogP contribution in [-0.4, -0.2) is 0 Å². The third kappa shape index (κ3) is 8.21. The molecule has 0 aliphatic heterocycles. The van der Waals surface area contributed by atoms with Crippen molar-refractivity contribution in [2.45, 2.75) is 117 Å². The van der Waals surface area contributed by atoms with Crippen molar-refractivity contribution >= 4 is 0 Å². The Balaban J connectivity index is 1.46. The van der Waals surface area contributed by atoms with E-state index in [1.54, 1.807) is 6.07 Å². The lowest BCUT2D eigenvalue weighted by Crippen LogP contribution is -2.15. The molecule has 0 amide bonds. The van der Waals surface area contributed by atoms with Crippen LogP contribution in [0.1, 0.15) is 115 Å². The van der Waals surface area contributed by atoms with Crippen LogP contribution >= 0.6 is 0 Å². The van der Waals surface area contributed by atoms with Crippen molar-refractivity contribution in [3.8, 4) is 11.1 Å². The van der Waals surface area contributed by atoms with Gasteiger partial charge in [-0.1, -0.05) is 127 Å². The molecule has 2 heteroatoms. The van der Waals surface area contributed by atoms with Gasteiger partial charge in [-0.05, 0) is 54.2 Å². The van der Waals surface area contributed by atoms with Crippen molar-refractivity contribution in [1.82, 2.24) is 0 Å². The molecular weight excluding hydrogens is 422 g/mol. The molecule has 0 spiro atoms. The maximum atomic E-state index is 14.9. The normalized spacial score (nSPS) is 18.4. The predicted octanol–water partition coefficient (Wildman–Crippen LogP) is 10.5. The SMILES string of the molecule is CCCCCCC[C@H]1CC[C@H](CCc2ccc(-c3ccc(CCCCC)cc3)c(F)c2F)CC1. The van der Waals surface area contributed by atoms with Gasteiger partial charge in [0, 0.05) is 5.56 Å². The lowest BCUT2D eigenvalue weighted by Gasteiger charge is -2.28. The summed E-state index contributed by atoms with van der Waals surface area (Å²) in [5.41, 5.74) is 2.94. The summed E-state index contributed by atoms with van der Waals surface area (Å²) < 4.78 is 29.8. The average molecular weight is 469 g/mol. The Morgan fingerprint density at radius 2 is 1.24 bits per heavy atom. The summed E-state index contributed by atoms with van der Waals surface area (Å²) in [5.74, 6) is 0.219. The van der Waals surface area contributed by atoms with E-state index in [1.807, 2.05) is 18.2 Å². The van der Waals surface area contributed by atoms with Gasteiger partial charge in [-0.3, -0.25) is 0 Å². The minimum absolute atomic E-state index is 0.376. The molecular formula is C32H46F2. The van der Waals surface area contributed by atoms with E-state index in [9.17, 15) is 8.78 Å². The summed E-state index contributed by atoms with van der Waals surface area (Å²) in [6, 6.07) is 11.6. The molecule has 34 heavy (non-hydrogen) atoms. The van der Waals surface area contributed by atoms with Crippen molar-refractivity contribution in [1.29, 1.82) is 0 Å². The molecule has 0 nitrogen and oxygen atoms in total. The minimum Gasteiger partial charge on any atom is -0.203 e. The maximum Gasteiger partial charge on any atom is 0.166 e. The predicted molar refractivity (Wildman–Crippen MR) is 142 cm³/mol. The first kappa shape index (κ1) is 26.9. The molecule has 1 aliphatic rings. The molecule has 0 N–H and O–H groups in total. The molecule has 0 atom stereocenters. The van der Waals surface area contributed by atoms with Crippen molar-refractivity contribution in [3.05, 3.63) is 59.2 Å². The summed E-state index contributed by atoms with van der Waals surface area (Å²) in [6.07, 6.45) is 19.7. The van der Waals surface area contributed by atoms with Gasteiger partial charge in [0.15, 0.2) is 11.6 Å². The van der Waals surface area contributed by atoms with Crippen molar-refractivity contribution in [3.63, 3.8) is 0 Å². The molecule has 1 saturated carbocycles. The van der Waals surface area contributed by atoms with Crippen molar-refractivity contribution < 1.29 is 8.78 Å². The number of aryl methyl sites for hydroxylation is 2. The lowest BCUT2D eigenvalue weighted by atomic mass is 9.77.